The second-order valence-electron chi connectivity index (χ2n) is 5.52. The molecule has 0 unspecified atom stereocenters. The quantitative estimate of drug-likeness (QED) is 0.818. The number of anilines is 1. The smallest absolute Gasteiger partial charge is 0.238 e. The Morgan fingerprint density at radius 3 is 2.56 bits per heavy atom. The molecule has 0 aliphatic rings. The van der Waals surface area contributed by atoms with Gasteiger partial charge in [-0.05, 0) is 46.4 Å². The molecule has 0 spiro atoms. The molecule has 0 aliphatic carbocycles. The maximum atomic E-state index is 11.7. The molecule has 1 rings (SSSR count). The summed E-state index contributed by atoms with van der Waals surface area (Å²) >= 11 is 3.40. The zero-order valence-electron chi connectivity index (χ0n) is 11.2. The monoisotopic (exact) mass is 312 g/mol. The second kappa shape index (κ2) is 6.90. The van der Waals surface area contributed by atoms with Crippen LogP contribution in [0.15, 0.2) is 28.7 Å². The molecule has 1 aromatic carbocycles. The molecule has 0 aliphatic heterocycles. The number of hydrogen-bond donors (Lipinski definition) is 2. The zero-order chi connectivity index (χ0) is 13.6. The predicted octanol–water partition coefficient (Wildman–Crippen LogP) is 3.41. The number of halogens is 1. The van der Waals surface area contributed by atoms with E-state index in [9.17, 15) is 4.79 Å². The van der Waals surface area contributed by atoms with Gasteiger partial charge in [0.05, 0.1) is 12.2 Å². The number of amides is 1. The first-order chi connectivity index (χ1) is 8.38. The first-order valence-corrected chi connectivity index (χ1v) is 6.93. The lowest BCUT2D eigenvalue weighted by Crippen LogP contribution is -2.30. The summed E-state index contributed by atoms with van der Waals surface area (Å²) < 4.78 is 0.896. The molecule has 0 heterocycles. The molecule has 1 amide bonds. The fourth-order valence-electron chi connectivity index (χ4n) is 1.42. The Balaban J connectivity index is 2.29. The highest BCUT2D eigenvalue weighted by atomic mass is 79.9. The Labute approximate surface area is 117 Å². The van der Waals surface area contributed by atoms with Crippen LogP contribution in [0.5, 0.6) is 0 Å². The van der Waals surface area contributed by atoms with E-state index in [-0.39, 0.29) is 5.91 Å². The van der Waals surface area contributed by atoms with Crippen LogP contribution in [0.25, 0.3) is 0 Å². The molecule has 4 heteroatoms. The Kier molecular flexibility index (Phi) is 5.82. The standard InChI is InChI=1S/C14H21BrN2O/c1-14(2,3)8-9-16-10-13(18)17-12-7-5-4-6-11(12)15/h4-7,16H,8-10H2,1-3H3,(H,17,18). The summed E-state index contributed by atoms with van der Waals surface area (Å²) in [6.07, 6.45) is 1.05. The second-order valence-corrected chi connectivity index (χ2v) is 6.37. The van der Waals surface area contributed by atoms with Gasteiger partial charge in [-0.15, -0.1) is 0 Å². The van der Waals surface area contributed by atoms with Crippen molar-refractivity contribution in [3.8, 4) is 0 Å². The number of benzene rings is 1. The molecule has 0 saturated carbocycles. The van der Waals surface area contributed by atoms with Gasteiger partial charge in [0.25, 0.3) is 0 Å². The summed E-state index contributed by atoms with van der Waals surface area (Å²) in [5.41, 5.74) is 1.10. The predicted molar refractivity (Wildman–Crippen MR) is 79.7 cm³/mol. The van der Waals surface area contributed by atoms with Crippen LogP contribution in [0.2, 0.25) is 0 Å². The summed E-state index contributed by atoms with van der Waals surface area (Å²) in [7, 11) is 0. The third-order valence-electron chi connectivity index (χ3n) is 2.49. The van der Waals surface area contributed by atoms with Crippen molar-refractivity contribution < 1.29 is 4.79 Å². The third kappa shape index (κ3) is 6.17. The van der Waals surface area contributed by atoms with Gasteiger partial charge >= 0.3 is 0 Å². The van der Waals surface area contributed by atoms with E-state index in [0.717, 1.165) is 23.1 Å². The number of rotatable bonds is 5. The first-order valence-electron chi connectivity index (χ1n) is 6.13. The van der Waals surface area contributed by atoms with Crippen molar-refractivity contribution in [2.75, 3.05) is 18.4 Å². The van der Waals surface area contributed by atoms with Gasteiger partial charge in [-0.25, -0.2) is 0 Å². The van der Waals surface area contributed by atoms with Crippen LogP contribution in [0.4, 0.5) is 5.69 Å². The van der Waals surface area contributed by atoms with Gasteiger partial charge in [0, 0.05) is 4.47 Å². The van der Waals surface area contributed by atoms with Crippen LogP contribution >= 0.6 is 15.9 Å². The van der Waals surface area contributed by atoms with E-state index >= 15 is 0 Å². The number of carbonyl (C=O) groups is 1. The summed E-state index contributed by atoms with van der Waals surface area (Å²) in [5.74, 6) is -0.0178. The summed E-state index contributed by atoms with van der Waals surface area (Å²) in [6.45, 7) is 7.77. The van der Waals surface area contributed by atoms with Crippen LogP contribution in [0.1, 0.15) is 27.2 Å². The highest BCUT2D eigenvalue weighted by Crippen LogP contribution is 2.20. The molecule has 0 radical (unpaired) electrons. The van der Waals surface area contributed by atoms with E-state index in [1.54, 1.807) is 0 Å². The van der Waals surface area contributed by atoms with E-state index in [4.69, 9.17) is 0 Å². The Morgan fingerprint density at radius 1 is 1.28 bits per heavy atom. The first kappa shape index (κ1) is 15.2. The van der Waals surface area contributed by atoms with Crippen LogP contribution in [0.3, 0.4) is 0 Å². The number of para-hydroxylation sites is 1. The largest absolute Gasteiger partial charge is 0.324 e. The molecule has 1 aromatic rings. The topological polar surface area (TPSA) is 41.1 Å². The van der Waals surface area contributed by atoms with Crippen LogP contribution in [-0.2, 0) is 4.79 Å². The highest BCUT2D eigenvalue weighted by molar-refractivity contribution is 9.10. The number of hydrogen-bond acceptors (Lipinski definition) is 2. The zero-order valence-corrected chi connectivity index (χ0v) is 12.8. The van der Waals surface area contributed by atoms with Gasteiger partial charge in [-0.2, -0.15) is 0 Å². The fourth-order valence-corrected chi connectivity index (χ4v) is 1.81. The Morgan fingerprint density at radius 2 is 1.94 bits per heavy atom. The lowest BCUT2D eigenvalue weighted by molar-refractivity contribution is -0.115. The van der Waals surface area contributed by atoms with E-state index in [2.05, 4.69) is 47.3 Å². The van der Waals surface area contributed by atoms with Crippen LogP contribution in [-0.4, -0.2) is 19.0 Å². The number of nitrogens with one attached hydrogen (secondary N) is 2. The fraction of sp³-hybridized carbons (Fsp3) is 0.500. The van der Waals surface area contributed by atoms with Gasteiger partial charge in [0.15, 0.2) is 0 Å². The lowest BCUT2D eigenvalue weighted by Gasteiger charge is -2.18. The van der Waals surface area contributed by atoms with Crippen molar-refractivity contribution in [2.24, 2.45) is 5.41 Å². The van der Waals surface area contributed by atoms with Gasteiger partial charge in [0.1, 0.15) is 0 Å². The number of carbonyl (C=O) groups excluding carboxylic acids is 1. The molecule has 18 heavy (non-hydrogen) atoms. The molecule has 0 saturated heterocycles. The lowest BCUT2D eigenvalue weighted by atomic mass is 9.92. The van der Waals surface area contributed by atoms with E-state index in [1.165, 1.54) is 0 Å². The van der Waals surface area contributed by atoms with E-state index < -0.39 is 0 Å². The minimum atomic E-state index is -0.0178. The molecule has 0 atom stereocenters. The van der Waals surface area contributed by atoms with Crippen molar-refractivity contribution in [2.45, 2.75) is 27.2 Å². The Bertz CT molecular complexity index is 399. The van der Waals surface area contributed by atoms with Crippen LogP contribution < -0.4 is 10.6 Å². The highest BCUT2D eigenvalue weighted by Gasteiger charge is 2.10. The van der Waals surface area contributed by atoms with Crippen LogP contribution in [0, 0.1) is 5.41 Å². The summed E-state index contributed by atoms with van der Waals surface area (Å²) in [5, 5.41) is 6.01. The molecule has 0 fully saturated rings. The minimum absolute atomic E-state index is 0.0178. The van der Waals surface area contributed by atoms with Crippen molar-refractivity contribution >= 4 is 27.5 Å². The molecule has 100 valence electrons. The van der Waals surface area contributed by atoms with Gasteiger partial charge in [0.2, 0.25) is 5.91 Å². The van der Waals surface area contributed by atoms with Crippen molar-refractivity contribution in [3.05, 3.63) is 28.7 Å². The van der Waals surface area contributed by atoms with Crippen molar-refractivity contribution in [3.63, 3.8) is 0 Å². The molecule has 0 aromatic heterocycles. The molecular weight excluding hydrogens is 292 g/mol. The van der Waals surface area contributed by atoms with E-state index in [0.29, 0.717) is 12.0 Å². The SMILES string of the molecule is CC(C)(C)CCNCC(=O)Nc1ccccc1Br. The average molecular weight is 313 g/mol. The maximum Gasteiger partial charge on any atom is 0.238 e. The molecule has 0 bridgehead atoms. The van der Waals surface area contributed by atoms with Gasteiger partial charge in [-0.3, -0.25) is 4.79 Å². The average Bonchev–Trinajstić information content (AvgIpc) is 2.26. The summed E-state index contributed by atoms with van der Waals surface area (Å²) in [6, 6.07) is 7.59. The minimum Gasteiger partial charge on any atom is -0.324 e. The maximum absolute atomic E-state index is 11.7. The van der Waals surface area contributed by atoms with Gasteiger partial charge < -0.3 is 10.6 Å². The third-order valence-corrected chi connectivity index (χ3v) is 3.18. The molecular formula is C14H21BrN2O. The summed E-state index contributed by atoms with van der Waals surface area (Å²) in [4.78, 5) is 11.7. The van der Waals surface area contributed by atoms with E-state index in [1.807, 2.05) is 24.3 Å². The van der Waals surface area contributed by atoms with Crippen molar-refractivity contribution in [1.29, 1.82) is 0 Å². The van der Waals surface area contributed by atoms with Crippen molar-refractivity contribution in [1.82, 2.24) is 5.32 Å². The normalized spacial score (nSPS) is 11.3. The van der Waals surface area contributed by atoms with Gasteiger partial charge in [-0.1, -0.05) is 32.9 Å². The molecule has 3 nitrogen and oxygen atoms in total. The molecule has 2 N–H and O–H groups in total. The Hall–Kier alpha value is -0.870.